The van der Waals surface area contributed by atoms with Gasteiger partial charge in [0.2, 0.25) is 0 Å². The molecule has 0 spiro atoms. The molecule has 0 saturated heterocycles. The number of amides is 1. The highest BCUT2D eigenvalue weighted by molar-refractivity contribution is 5.80. The topological polar surface area (TPSA) is 64.3 Å². The fourth-order valence-electron chi connectivity index (χ4n) is 1.74. The third-order valence-corrected chi connectivity index (χ3v) is 3.02. The van der Waals surface area contributed by atoms with E-state index in [1.54, 1.807) is 6.92 Å². The summed E-state index contributed by atoms with van der Waals surface area (Å²) in [6.45, 7) is 3.95. The first-order chi connectivity index (χ1) is 9.58. The monoisotopic (exact) mass is 274 g/mol. The molecule has 0 aliphatic rings. The maximum absolute atomic E-state index is 11.7. The van der Waals surface area contributed by atoms with E-state index in [4.69, 9.17) is 16.9 Å². The average Bonchev–Trinajstić information content (AvgIpc) is 2.46. The Labute approximate surface area is 120 Å². The summed E-state index contributed by atoms with van der Waals surface area (Å²) in [7, 11) is 0. The van der Waals surface area contributed by atoms with Crippen molar-refractivity contribution in [3.63, 3.8) is 0 Å². The van der Waals surface area contributed by atoms with E-state index in [0.717, 1.165) is 18.4 Å². The molecule has 0 heterocycles. The van der Waals surface area contributed by atoms with Gasteiger partial charge in [0.25, 0.3) is 5.91 Å². The van der Waals surface area contributed by atoms with Crippen molar-refractivity contribution in [2.75, 3.05) is 6.54 Å². The lowest BCUT2D eigenvalue weighted by atomic mass is 10.0. The van der Waals surface area contributed by atoms with Gasteiger partial charge in [0.1, 0.15) is 5.75 Å². The largest absolute Gasteiger partial charge is 0.481 e. The molecule has 1 rings (SSSR count). The van der Waals surface area contributed by atoms with Crippen LogP contribution in [0, 0.1) is 12.3 Å². The van der Waals surface area contributed by atoms with Crippen molar-refractivity contribution in [2.45, 2.75) is 38.8 Å². The summed E-state index contributed by atoms with van der Waals surface area (Å²) in [5.41, 5.74) is 6.99. The Morgan fingerprint density at radius 1 is 1.50 bits per heavy atom. The second-order valence-electron chi connectivity index (χ2n) is 4.66. The third kappa shape index (κ3) is 4.94. The lowest BCUT2D eigenvalue weighted by molar-refractivity contribution is -0.127. The van der Waals surface area contributed by atoms with Crippen molar-refractivity contribution in [1.29, 1.82) is 0 Å². The molecule has 1 amide bonds. The maximum atomic E-state index is 11.7. The number of carbonyl (C=O) groups excluding carboxylic acids is 1. The Bertz CT molecular complexity index is 480. The highest BCUT2D eigenvalue weighted by Gasteiger charge is 2.16. The standard InChI is InChI=1S/C16H22N2O2/c1-4-10-18-16(19)12(3)20-15-9-7-6-8-13(15)11-14(17)5-2/h1,6-9,12,14H,5,10-11,17H2,2-3H3,(H,18,19). The van der Waals surface area contributed by atoms with E-state index in [1.165, 1.54) is 0 Å². The fourth-order valence-corrected chi connectivity index (χ4v) is 1.74. The van der Waals surface area contributed by atoms with Gasteiger partial charge >= 0.3 is 0 Å². The van der Waals surface area contributed by atoms with Gasteiger partial charge in [-0.1, -0.05) is 31.0 Å². The van der Waals surface area contributed by atoms with Gasteiger partial charge in [0, 0.05) is 6.04 Å². The Balaban J connectivity index is 2.72. The molecule has 0 aliphatic heterocycles. The molecule has 2 unspecified atom stereocenters. The third-order valence-electron chi connectivity index (χ3n) is 3.02. The van der Waals surface area contributed by atoms with Crippen LogP contribution in [0.15, 0.2) is 24.3 Å². The van der Waals surface area contributed by atoms with Crippen LogP contribution < -0.4 is 15.8 Å². The van der Waals surface area contributed by atoms with E-state index >= 15 is 0 Å². The zero-order chi connectivity index (χ0) is 15.0. The summed E-state index contributed by atoms with van der Waals surface area (Å²) in [5, 5.41) is 2.60. The normalized spacial score (nSPS) is 13.1. The lowest BCUT2D eigenvalue weighted by Crippen LogP contribution is -2.36. The summed E-state index contributed by atoms with van der Waals surface area (Å²) in [6.07, 6.45) is 6.13. The molecule has 0 bridgehead atoms. The highest BCUT2D eigenvalue weighted by atomic mass is 16.5. The number of ether oxygens (including phenoxy) is 1. The highest BCUT2D eigenvalue weighted by Crippen LogP contribution is 2.21. The molecule has 108 valence electrons. The van der Waals surface area contributed by atoms with Crippen LogP contribution in [0.1, 0.15) is 25.8 Å². The number of hydrogen-bond acceptors (Lipinski definition) is 3. The molecule has 0 saturated carbocycles. The van der Waals surface area contributed by atoms with E-state index in [2.05, 4.69) is 11.2 Å². The lowest BCUT2D eigenvalue weighted by Gasteiger charge is -2.18. The number of hydrogen-bond donors (Lipinski definition) is 2. The van der Waals surface area contributed by atoms with Gasteiger partial charge in [-0.3, -0.25) is 4.79 Å². The van der Waals surface area contributed by atoms with Crippen LogP contribution in [-0.4, -0.2) is 24.6 Å². The molecular formula is C16H22N2O2. The number of carbonyl (C=O) groups is 1. The number of rotatable bonds is 7. The molecule has 20 heavy (non-hydrogen) atoms. The predicted molar refractivity (Wildman–Crippen MR) is 80.3 cm³/mol. The van der Waals surface area contributed by atoms with Gasteiger partial charge < -0.3 is 15.8 Å². The predicted octanol–water partition coefficient (Wildman–Crippen LogP) is 1.48. The number of terminal acetylenes is 1. The van der Waals surface area contributed by atoms with Crippen LogP contribution in [0.4, 0.5) is 0 Å². The molecule has 0 aromatic heterocycles. The quantitative estimate of drug-likeness (QED) is 0.740. The van der Waals surface area contributed by atoms with Gasteiger partial charge in [-0.25, -0.2) is 0 Å². The van der Waals surface area contributed by atoms with E-state index in [-0.39, 0.29) is 18.5 Å². The minimum Gasteiger partial charge on any atom is -0.481 e. The first-order valence-electron chi connectivity index (χ1n) is 6.79. The van der Waals surface area contributed by atoms with Crippen molar-refractivity contribution >= 4 is 5.91 Å². The number of para-hydroxylation sites is 1. The van der Waals surface area contributed by atoms with E-state index in [9.17, 15) is 4.79 Å². The van der Waals surface area contributed by atoms with Gasteiger partial charge in [-0.05, 0) is 31.4 Å². The Morgan fingerprint density at radius 2 is 2.20 bits per heavy atom. The summed E-state index contributed by atoms with van der Waals surface area (Å²) in [4.78, 5) is 11.7. The molecule has 1 aromatic rings. The molecule has 4 nitrogen and oxygen atoms in total. The minimum atomic E-state index is -0.595. The Hall–Kier alpha value is -1.99. The van der Waals surface area contributed by atoms with Crippen molar-refractivity contribution in [3.05, 3.63) is 29.8 Å². The van der Waals surface area contributed by atoms with Crippen LogP contribution in [0.2, 0.25) is 0 Å². The van der Waals surface area contributed by atoms with Crippen molar-refractivity contribution in [3.8, 4) is 18.1 Å². The van der Waals surface area contributed by atoms with Gasteiger partial charge in [0.05, 0.1) is 6.54 Å². The molecule has 2 atom stereocenters. The second kappa shape index (κ2) is 8.23. The van der Waals surface area contributed by atoms with Crippen LogP contribution in [0.25, 0.3) is 0 Å². The van der Waals surface area contributed by atoms with E-state index < -0.39 is 6.10 Å². The molecule has 4 heteroatoms. The van der Waals surface area contributed by atoms with Crippen LogP contribution >= 0.6 is 0 Å². The van der Waals surface area contributed by atoms with Gasteiger partial charge in [-0.15, -0.1) is 6.42 Å². The Morgan fingerprint density at radius 3 is 2.85 bits per heavy atom. The van der Waals surface area contributed by atoms with Crippen LogP contribution in [0.3, 0.4) is 0 Å². The van der Waals surface area contributed by atoms with Crippen molar-refractivity contribution < 1.29 is 9.53 Å². The molecular weight excluding hydrogens is 252 g/mol. The summed E-state index contributed by atoms with van der Waals surface area (Å²) >= 11 is 0. The molecule has 0 aliphatic carbocycles. The Kier molecular flexibility index (Phi) is 6.61. The zero-order valence-corrected chi connectivity index (χ0v) is 12.1. The maximum Gasteiger partial charge on any atom is 0.261 e. The summed E-state index contributed by atoms with van der Waals surface area (Å²) in [5.74, 6) is 2.83. The molecule has 0 radical (unpaired) electrons. The fraction of sp³-hybridized carbons (Fsp3) is 0.438. The summed E-state index contributed by atoms with van der Waals surface area (Å²) < 4.78 is 5.71. The van der Waals surface area contributed by atoms with Crippen LogP contribution in [-0.2, 0) is 11.2 Å². The van der Waals surface area contributed by atoms with Crippen LogP contribution in [0.5, 0.6) is 5.75 Å². The van der Waals surface area contributed by atoms with E-state index in [1.807, 2.05) is 31.2 Å². The van der Waals surface area contributed by atoms with E-state index in [0.29, 0.717) is 5.75 Å². The first kappa shape index (κ1) is 16.1. The number of benzene rings is 1. The SMILES string of the molecule is C#CCNC(=O)C(C)Oc1ccccc1CC(N)CC. The zero-order valence-electron chi connectivity index (χ0n) is 12.1. The van der Waals surface area contributed by atoms with Crippen molar-refractivity contribution in [2.24, 2.45) is 5.73 Å². The minimum absolute atomic E-state index is 0.0883. The first-order valence-corrected chi connectivity index (χ1v) is 6.79. The molecule has 3 N–H and O–H groups in total. The number of nitrogens with one attached hydrogen (secondary N) is 1. The van der Waals surface area contributed by atoms with Gasteiger partial charge in [0.15, 0.2) is 6.10 Å². The molecule has 0 fully saturated rings. The second-order valence-corrected chi connectivity index (χ2v) is 4.66. The van der Waals surface area contributed by atoms with Gasteiger partial charge in [-0.2, -0.15) is 0 Å². The smallest absolute Gasteiger partial charge is 0.261 e. The molecule has 1 aromatic carbocycles. The van der Waals surface area contributed by atoms with Crippen molar-refractivity contribution in [1.82, 2.24) is 5.32 Å². The summed E-state index contributed by atoms with van der Waals surface area (Å²) in [6, 6.07) is 7.72. The number of nitrogens with two attached hydrogens (primary N) is 1. The average molecular weight is 274 g/mol.